The van der Waals surface area contributed by atoms with Crippen LogP contribution < -0.4 is 5.06 Å². The quantitative estimate of drug-likeness (QED) is 0.806. The summed E-state index contributed by atoms with van der Waals surface area (Å²) in [5.41, 5.74) is 3.20. The maximum atomic E-state index is 9.97. The number of anilines is 1. The first-order valence-electron chi connectivity index (χ1n) is 5.89. The number of nitrogens with zero attached hydrogens (tertiary/aromatic N) is 1. The normalized spacial score (nSPS) is 10.2. The maximum Gasteiger partial charge on any atom is 0.0703 e. The van der Waals surface area contributed by atoms with E-state index >= 15 is 0 Å². The van der Waals surface area contributed by atoms with Crippen molar-refractivity contribution in [1.82, 2.24) is 0 Å². The summed E-state index contributed by atoms with van der Waals surface area (Å²) in [5.74, 6) is 0. The number of rotatable bonds is 4. The van der Waals surface area contributed by atoms with Crippen LogP contribution in [0.5, 0.6) is 0 Å². The summed E-state index contributed by atoms with van der Waals surface area (Å²) in [5, 5.41) is 11.2. The zero-order chi connectivity index (χ0) is 12.1. The molecule has 0 saturated heterocycles. The number of benzene rings is 2. The molecule has 17 heavy (non-hydrogen) atoms. The van der Waals surface area contributed by atoms with Crippen LogP contribution in [0.2, 0.25) is 0 Å². The predicted octanol–water partition coefficient (Wildman–Crippen LogP) is 3.64. The van der Waals surface area contributed by atoms with Gasteiger partial charge >= 0.3 is 0 Å². The summed E-state index contributed by atoms with van der Waals surface area (Å²) in [6.45, 7) is 2.63. The maximum absolute atomic E-state index is 9.97. The van der Waals surface area contributed by atoms with Gasteiger partial charge < -0.3 is 0 Å². The number of hydrogen-bond donors (Lipinski definition) is 1. The fraction of sp³-hybridized carbons (Fsp3) is 0.200. The van der Waals surface area contributed by atoms with Gasteiger partial charge in [-0.3, -0.25) is 10.3 Å². The minimum atomic E-state index is 0.506. The van der Waals surface area contributed by atoms with E-state index in [0.717, 1.165) is 17.7 Å². The Hall–Kier alpha value is -1.80. The van der Waals surface area contributed by atoms with Crippen molar-refractivity contribution in [3.63, 3.8) is 0 Å². The van der Waals surface area contributed by atoms with Gasteiger partial charge in [0, 0.05) is 0 Å². The Morgan fingerprint density at radius 3 is 2.12 bits per heavy atom. The first-order chi connectivity index (χ1) is 8.29. The zero-order valence-corrected chi connectivity index (χ0v) is 10.0. The lowest BCUT2D eigenvalue weighted by Gasteiger charge is -2.17. The summed E-state index contributed by atoms with van der Waals surface area (Å²) in [4.78, 5) is 0. The lowest BCUT2D eigenvalue weighted by molar-refractivity contribution is 0.250. The first kappa shape index (κ1) is 11.7. The van der Waals surface area contributed by atoms with Gasteiger partial charge in [-0.25, -0.2) is 0 Å². The van der Waals surface area contributed by atoms with Gasteiger partial charge in [0.2, 0.25) is 0 Å². The molecule has 0 bridgehead atoms. The third-order valence-electron chi connectivity index (χ3n) is 2.82. The second-order valence-electron chi connectivity index (χ2n) is 4.06. The van der Waals surface area contributed by atoms with Crippen molar-refractivity contribution in [2.75, 3.05) is 5.06 Å². The molecular formula is C15H17NO. The van der Waals surface area contributed by atoms with Crippen LogP contribution in [0.4, 0.5) is 5.69 Å². The predicted molar refractivity (Wildman–Crippen MR) is 70.2 cm³/mol. The molecule has 0 heterocycles. The van der Waals surface area contributed by atoms with Crippen LogP contribution in [0.3, 0.4) is 0 Å². The summed E-state index contributed by atoms with van der Waals surface area (Å²) in [7, 11) is 0. The van der Waals surface area contributed by atoms with Gasteiger partial charge in [-0.2, -0.15) is 0 Å². The van der Waals surface area contributed by atoms with E-state index in [0.29, 0.717) is 6.54 Å². The molecule has 2 aromatic carbocycles. The van der Waals surface area contributed by atoms with E-state index in [-0.39, 0.29) is 0 Å². The van der Waals surface area contributed by atoms with E-state index < -0.39 is 0 Å². The Morgan fingerprint density at radius 1 is 0.882 bits per heavy atom. The molecule has 2 aromatic rings. The lowest BCUT2D eigenvalue weighted by Crippen LogP contribution is -2.17. The van der Waals surface area contributed by atoms with Crippen LogP contribution in [0.15, 0.2) is 54.6 Å². The third-order valence-corrected chi connectivity index (χ3v) is 2.82. The molecule has 0 amide bonds. The van der Waals surface area contributed by atoms with E-state index in [9.17, 15) is 5.21 Å². The summed E-state index contributed by atoms with van der Waals surface area (Å²) < 4.78 is 0. The Balaban J connectivity index is 2.06. The molecule has 2 heteroatoms. The highest BCUT2D eigenvalue weighted by atomic mass is 16.5. The summed E-state index contributed by atoms with van der Waals surface area (Å²) >= 11 is 0. The van der Waals surface area contributed by atoms with Crippen molar-refractivity contribution in [2.45, 2.75) is 19.9 Å². The largest absolute Gasteiger partial charge is 0.288 e. The molecule has 0 unspecified atom stereocenters. The Kier molecular flexibility index (Phi) is 3.78. The van der Waals surface area contributed by atoms with Gasteiger partial charge in [0.15, 0.2) is 0 Å². The number of hydroxylamine groups is 1. The molecule has 0 aromatic heterocycles. The van der Waals surface area contributed by atoms with Crippen LogP contribution in [0.25, 0.3) is 0 Å². The van der Waals surface area contributed by atoms with Crippen LogP contribution in [-0.2, 0) is 13.0 Å². The standard InChI is InChI=1S/C15H17NO/c1-2-13-8-10-15(11-9-13)16(17)12-14-6-4-3-5-7-14/h3-11,17H,2,12H2,1H3. The molecule has 0 radical (unpaired) electrons. The fourth-order valence-electron chi connectivity index (χ4n) is 1.75. The Bertz CT molecular complexity index is 450. The van der Waals surface area contributed by atoms with E-state index in [1.165, 1.54) is 10.6 Å². The molecule has 0 atom stereocenters. The summed E-state index contributed by atoms with van der Waals surface area (Å²) in [6.07, 6.45) is 1.02. The van der Waals surface area contributed by atoms with E-state index in [4.69, 9.17) is 0 Å². The molecule has 0 aliphatic heterocycles. The third kappa shape index (κ3) is 3.08. The SMILES string of the molecule is CCc1ccc(N(O)Cc2ccccc2)cc1. The van der Waals surface area contributed by atoms with Gasteiger partial charge in [-0.1, -0.05) is 49.4 Å². The molecule has 88 valence electrons. The van der Waals surface area contributed by atoms with E-state index in [1.54, 1.807) is 0 Å². The molecule has 0 fully saturated rings. The molecule has 0 spiro atoms. The fourth-order valence-corrected chi connectivity index (χ4v) is 1.75. The van der Waals surface area contributed by atoms with E-state index in [1.807, 2.05) is 54.6 Å². The molecule has 2 nitrogen and oxygen atoms in total. The monoisotopic (exact) mass is 227 g/mol. The number of hydrogen-bond acceptors (Lipinski definition) is 2. The molecule has 2 rings (SSSR count). The average molecular weight is 227 g/mol. The molecule has 0 aliphatic rings. The average Bonchev–Trinajstić information content (AvgIpc) is 2.40. The highest BCUT2D eigenvalue weighted by Gasteiger charge is 2.03. The van der Waals surface area contributed by atoms with Crippen molar-refractivity contribution >= 4 is 5.69 Å². The van der Waals surface area contributed by atoms with Crippen molar-refractivity contribution in [3.05, 3.63) is 65.7 Å². The van der Waals surface area contributed by atoms with Crippen LogP contribution in [0.1, 0.15) is 18.1 Å². The van der Waals surface area contributed by atoms with Gasteiger partial charge in [-0.15, -0.1) is 0 Å². The number of aryl methyl sites for hydroxylation is 1. The van der Waals surface area contributed by atoms with Gasteiger partial charge in [0.1, 0.15) is 0 Å². The van der Waals surface area contributed by atoms with Crippen LogP contribution in [-0.4, -0.2) is 5.21 Å². The zero-order valence-electron chi connectivity index (χ0n) is 10.0. The minimum absolute atomic E-state index is 0.506. The minimum Gasteiger partial charge on any atom is -0.288 e. The summed E-state index contributed by atoms with van der Waals surface area (Å²) in [6, 6.07) is 17.9. The van der Waals surface area contributed by atoms with E-state index in [2.05, 4.69) is 6.92 Å². The lowest BCUT2D eigenvalue weighted by atomic mass is 10.1. The van der Waals surface area contributed by atoms with Crippen molar-refractivity contribution in [3.8, 4) is 0 Å². The second-order valence-corrected chi connectivity index (χ2v) is 4.06. The van der Waals surface area contributed by atoms with Gasteiger partial charge in [-0.05, 0) is 29.7 Å². The first-order valence-corrected chi connectivity index (χ1v) is 5.89. The van der Waals surface area contributed by atoms with Gasteiger partial charge in [0.25, 0.3) is 0 Å². The Morgan fingerprint density at radius 2 is 1.53 bits per heavy atom. The molecule has 0 saturated carbocycles. The van der Waals surface area contributed by atoms with Gasteiger partial charge in [0.05, 0.1) is 12.2 Å². The highest BCUT2D eigenvalue weighted by molar-refractivity contribution is 5.45. The van der Waals surface area contributed by atoms with Crippen molar-refractivity contribution in [1.29, 1.82) is 0 Å². The highest BCUT2D eigenvalue weighted by Crippen LogP contribution is 2.16. The van der Waals surface area contributed by atoms with Crippen molar-refractivity contribution in [2.24, 2.45) is 0 Å². The topological polar surface area (TPSA) is 23.5 Å². The van der Waals surface area contributed by atoms with Crippen LogP contribution in [0, 0.1) is 0 Å². The smallest absolute Gasteiger partial charge is 0.0703 e. The van der Waals surface area contributed by atoms with Crippen LogP contribution >= 0.6 is 0 Å². The molecule has 0 aliphatic carbocycles. The Labute approximate surface area is 102 Å². The molecule has 1 N–H and O–H groups in total. The van der Waals surface area contributed by atoms with Crippen molar-refractivity contribution < 1.29 is 5.21 Å². The molecular weight excluding hydrogens is 210 g/mol. The second kappa shape index (κ2) is 5.51.